The van der Waals surface area contributed by atoms with E-state index in [1.165, 1.54) is 11.3 Å². The number of nitrogens with one attached hydrogen (secondary N) is 2. The average Bonchev–Trinajstić information content (AvgIpc) is 3.45. The minimum atomic E-state index is -1.13. The minimum absolute atomic E-state index is 0.360. The number of nitrogens with zero attached hydrogens (tertiary/aromatic N) is 1. The molecule has 2 heterocycles. The maximum Gasteiger partial charge on any atom is 0.251 e. The second-order valence-corrected chi connectivity index (χ2v) is 9.23. The summed E-state index contributed by atoms with van der Waals surface area (Å²) >= 11 is 7.25. The number of hydrogen-bond acceptors (Lipinski definition) is 5. The molecule has 0 bridgehead atoms. The lowest BCUT2D eigenvalue weighted by atomic mass is 10.0. The number of carbonyl (C=O) groups is 3. The van der Waals surface area contributed by atoms with Crippen LogP contribution in [0.5, 0.6) is 0 Å². The van der Waals surface area contributed by atoms with Gasteiger partial charge in [-0.25, -0.2) is 0 Å². The van der Waals surface area contributed by atoms with E-state index in [1.54, 1.807) is 24.3 Å². The zero-order valence-electron chi connectivity index (χ0n) is 16.6. The molecule has 4 N–H and O–H groups in total. The van der Waals surface area contributed by atoms with E-state index in [2.05, 4.69) is 22.5 Å². The van der Waals surface area contributed by atoms with Crippen LogP contribution in [0.25, 0.3) is 0 Å². The van der Waals surface area contributed by atoms with Crippen molar-refractivity contribution >= 4 is 51.3 Å². The van der Waals surface area contributed by atoms with Gasteiger partial charge in [-0.05, 0) is 55.6 Å². The number of halogens is 1. The molecular weight excluding hydrogens is 424 g/mol. The third-order valence-electron chi connectivity index (χ3n) is 5.78. The average molecular weight is 447 g/mol. The van der Waals surface area contributed by atoms with Crippen LogP contribution in [-0.4, -0.2) is 35.7 Å². The van der Waals surface area contributed by atoms with Gasteiger partial charge in [-0.15, -0.1) is 11.3 Å². The highest BCUT2D eigenvalue weighted by atomic mass is 35.5. The van der Waals surface area contributed by atoms with E-state index >= 15 is 0 Å². The molecule has 7 nitrogen and oxygen atoms in total. The van der Waals surface area contributed by atoms with Crippen LogP contribution in [0.3, 0.4) is 0 Å². The summed E-state index contributed by atoms with van der Waals surface area (Å²) in [5.74, 6) is -1.31. The first-order valence-electron chi connectivity index (χ1n) is 9.89. The van der Waals surface area contributed by atoms with Crippen LogP contribution in [-0.2, 0) is 22.6 Å². The molecule has 0 spiro atoms. The highest BCUT2D eigenvalue weighted by molar-refractivity contribution is 7.17. The second-order valence-electron chi connectivity index (χ2n) is 7.69. The van der Waals surface area contributed by atoms with Crippen LogP contribution in [0.2, 0.25) is 5.02 Å². The molecule has 1 saturated carbocycles. The second kappa shape index (κ2) is 8.02. The van der Waals surface area contributed by atoms with Gasteiger partial charge in [0.1, 0.15) is 10.4 Å². The molecule has 1 aliphatic carbocycles. The number of anilines is 2. The minimum Gasteiger partial charge on any atom is -0.365 e. The molecule has 0 saturated heterocycles. The van der Waals surface area contributed by atoms with Crippen LogP contribution in [0.15, 0.2) is 24.3 Å². The highest BCUT2D eigenvalue weighted by Gasteiger charge is 2.56. The summed E-state index contributed by atoms with van der Waals surface area (Å²) in [4.78, 5) is 41.3. The number of benzene rings is 1. The summed E-state index contributed by atoms with van der Waals surface area (Å²) in [6, 6.07) is 6.72. The van der Waals surface area contributed by atoms with Crippen molar-refractivity contribution in [3.05, 3.63) is 45.3 Å². The Hall–Kier alpha value is -2.42. The number of nitrogens with two attached hydrogens (primary N) is 1. The van der Waals surface area contributed by atoms with Gasteiger partial charge in [0.05, 0.1) is 5.56 Å². The summed E-state index contributed by atoms with van der Waals surface area (Å²) in [7, 11) is 0. The lowest BCUT2D eigenvalue weighted by Gasteiger charge is -2.25. The quantitative estimate of drug-likeness (QED) is 0.592. The molecular formula is C21H23ClN4O3S. The number of primary amides is 1. The third-order valence-corrected chi connectivity index (χ3v) is 7.16. The van der Waals surface area contributed by atoms with Crippen molar-refractivity contribution in [1.82, 2.24) is 4.90 Å². The molecule has 4 rings (SSSR count). The van der Waals surface area contributed by atoms with Gasteiger partial charge in [0.25, 0.3) is 5.91 Å². The number of likely N-dealkylation sites (N-methyl/N-ethyl adjacent to an activating group) is 1. The zero-order chi connectivity index (χ0) is 21.5. The predicted octanol–water partition coefficient (Wildman–Crippen LogP) is 3.24. The molecule has 2 aromatic rings. The summed E-state index contributed by atoms with van der Waals surface area (Å²) < 4.78 is 0. The summed E-state index contributed by atoms with van der Waals surface area (Å²) in [5, 5.41) is 6.63. The van der Waals surface area contributed by atoms with E-state index in [9.17, 15) is 14.4 Å². The Kier molecular flexibility index (Phi) is 5.57. The van der Waals surface area contributed by atoms with E-state index in [0.29, 0.717) is 34.1 Å². The molecule has 0 unspecified atom stereocenters. The Bertz CT molecular complexity index is 1010. The Morgan fingerprint density at radius 2 is 1.83 bits per heavy atom. The van der Waals surface area contributed by atoms with Crippen LogP contribution in [0.1, 0.15) is 40.6 Å². The molecule has 0 atom stereocenters. The third kappa shape index (κ3) is 3.82. The van der Waals surface area contributed by atoms with Gasteiger partial charge in [0.2, 0.25) is 11.8 Å². The molecule has 30 heavy (non-hydrogen) atoms. The topological polar surface area (TPSA) is 105 Å². The number of amides is 3. The number of hydrogen-bond donors (Lipinski definition) is 3. The number of rotatable bonds is 6. The van der Waals surface area contributed by atoms with Crippen molar-refractivity contribution in [3.8, 4) is 0 Å². The van der Waals surface area contributed by atoms with Crippen LogP contribution < -0.4 is 16.4 Å². The normalized spacial score (nSPS) is 17.1. The van der Waals surface area contributed by atoms with Gasteiger partial charge in [0, 0.05) is 28.7 Å². The van der Waals surface area contributed by atoms with Crippen LogP contribution in [0.4, 0.5) is 10.7 Å². The molecule has 3 amide bonds. The van der Waals surface area contributed by atoms with Crippen LogP contribution in [0, 0.1) is 5.41 Å². The van der Waals surface area contributed by atoms with E-state index in [1.807, 2.05) is 0 Å². The summed E-state index contributed by atoms with van der Waals surface area (Å²) in [6.07, 6.45) is 1.63. The van der Waals surface area contributed by atoms with Gasteiger partial charge < -0.3 is 16.4 Å². The lowest BCUT2D eigenvalue weighted by molar-refractivity contribution is -0.131. The molecule has 1 aromatic heterocycles. The van der Waals surface area contributed by atoms with Crippen molar-refractivity contribution in [2.75, 3.05) is 23.7 Å². The van der Waals surface area contributed by atoms with Crippen LogP contribution >= 0.6 is 22.9 Å². The predicted molar refractivity (Wildman–Crippen MR) is 118 cm³/mol. The van der Waals surface area contributed by atoms with Crippen molar-refractivity contribution in [3.63, 3.8) is 0 Å². The molecule has 9 heteroatoms. The molecule has 2 aliphatic rings. The summed E-state index contributed by atoms with van der Waals surface area (Å²) in [6.45, 7) is 4.58. The van der Waals surface area contributed by atoms with Crippen molar-refractivity contribution < 1.29 is 14.4 Å². The Morgan fingerprint density at radius 1 is 1.17 bits per heavy atom. The van der Waals surface area contributed by atoms with Crippen molar-refractivity contribution in [2.45, 2.75) is 32.7 Å². The van der Waals surface area contributed by atoms with E-state index < -0.39 is 17.2 Å². The zero-order valence-corrected chi connectivity index (χ0v) is 18.2. The number of carbonyl (C=O) groups excluding carboxylic acids is 3. The molecule has 158 valence electrons. The maximum atomic E-state index is 13.0. The Labute approximate surface area is 183 Å². The fourth-order valence-corrected chi connectivity index (χ4v) is 5.18. The molecule has 1 aromatic carbocycles. The van der Waals surface area contributed by atoms with Gasteiger partial charge in [-0.2, -0.15) is 0 Å². The lowest BCUT2D eigenvalue weighted by Crippen LogP contribution is -2.36. The maximum absolute atomic E-state index is 13.0. The largest absolute Gasteiger partial charge is 0.365 e. The molecule has 0 radical (unpaired) electrons. The van der Waals surface area contributed by atoms with Crippen molar-refractivity contribution in [1.29, 1.82) is 0 Å². The van der Waals surface area contributed by atoms with E-state index in [0.717, 1.165) is 36.5 Å². The standard InChI is InChI=1S/C21H23ClN4O3S/c1-2-26-10-7-14-15(11-26)30-18(16(14)17(23)27)25-20(29)21(8-9-21)19(28)24-13-5-3-12(22)4-6-13/h3-6H,2,7-11H2,1H3,(H2,23,27)(H,24,28)(H,25,29). The monoisotopic (exact) mass is 446 g/mol. The number of thiophene rings is 1. The first-order valence-corrected chi connectivity index (χ1v) is 11.1. The smallest absolute Gasteiger partial charge is 0.251 e. The first kappa shape index (κ1) is 20.8. The Balaban J connectivity index is 1.53. The fraction of sp³-hybridized carbons (Fsp3) is 0.381. The molecule has 1 fully saturated rings. The van der Waals surface area contributed by atoms with Gasteiger partial charge in [0.15, 0.2) is 0 Å². The SMILES string of the molecule is CCN1CCc2c(sc(NC(=O)C3(C(=O)Nc4ccc(Cl)cc4)CC3)c2C(N)=O)C1. The fourth-order valence-electron chi connectivity index (χ4n) is 3.76. The van der Waals surface area contributed by atoms with Gasteiger partial charge in [-0.1, -0.05) is 18.5 Å². The number of fused-ring (bicyclic) bond motifs is 1. The summed E-state index contributed by atoms with van der Waals surface area (Å²) in [5.41, 5.74) is 6.39. The Morgan fingerprint density at radius 3 is 2.43 bits per heavy atom. The van der Waals surface area contributed by atoms with Gasteiger partial charge in [-0.3, -0.25) is 19.3 Å². The van der Waals surface area contributed by atoms with E-state index in [4.69, 9.17) is 17.3 Å². The van der Waals surface area contributed by atoms with Gasteiger partial charge >= 0.3 is 0 Å². The van der Waals surface area contributed by atoms with Crippen molar-refractivity contribution in [2.24, 2.45) is 11.1 Å². The molecule has 1 aliphatic heterocycles. The highest BCUT2D eigenvalue weighted by Crippen LogP contribution is 2.48. The first-order chi connectivity index (χ1) is 14.3. The van der Waals surface area contributed by atoms with E-state index in [-0.39, 0.29) is 5.91 Å².